The maximum Gasteiger partial charge on any atom is 0.425 e. The van der Waals surface area contributed by atoms with Gasteiger partial charge in [-0.3, -0.25) is 4.79 Å². The Morgan fingerprint density at radius 2 is 1.91 bits per heavy atom. The highest BCUT2D eigenvalue weighted by Crippen LogP contribution is 2.42. The smallest absolute Gasteiger partial charge is 0.425 e. The first-order valence-corrected chi connectivity index (χ1v) is 9.53. The van der Waals surface area contributed by atoms with Crippen molar-refractivity contribution < 1.29 is 44.7 Å². The average Bonchev–Trinajstić information content (AvgIpc) is 2.73. The molecular weight excluding hydrogens is 504 g/mol. The van der Waals surface area contributed by atoms with E-state index in [0.717, 1.165) is 18.2 Å². The van der Waals surface area contributed by atoms with E-state index < -0.39 is 76.7 Å². The van der Waals surface area contributed by atoms with Gasteiger partial charge in [-0.1, -0.05) is 11.6 Å². The van der Waals surface area contributed by atoms with Crippen LogP contribution in [-0.2, 0) is 16.5 Å². The van der Waals surface area contributed by atoms with Crippen LogP contribution < -0.4 is 11.1 Å². The third kappa shape index (κ3) is 5.16. The number of ether oxygens (including phenoxy) is 1. The summed E-state index contributed by atoms with van der Waals surface area (Å²) in [7, 11) is 0. The van der Waals surface area contributed by atoms with Crippen LogP contribution in [0.25, 0.3) is 0 Å². The number of aromatic nitrogens is 1. The molecule has 15 heteroatoms. The maximum absolute atomic E-state index is 14.6. The van der Waals surface area contributed by atoms with E-state index in [2.05, 4.69) is 20.0 Å². The second-order valence-electron chi connectivity index (χ2n) is 7.17. The summed E-state index contributed by atoms with van der Waals surface area (Å²) in [4.78, 5) is 19.4. The first-order valence-electron chi connectivity index (χ1n) is 9.15. The number of anilines is 1. The second-order valence-corrected chi connectivity index (χ2v) is 7.58. The molecule has 1 aromatic carbocycles. The van der Waals surface area contributed by atoms with Gasteiger partial charge in [-0.15, -0.1) is 0 Å². The van der Waals surface area contributed by atoms with Gasteiger partial charge in [0.2, 0.25) is 0 Å². The first-order chi connectivity index (χ1) is 15.7. The molecule has 2 unspecified atom stereocenters. The number of alkyl halides is 7. The van der Waals surface area contributed by atoms with Crippen molar-refractivity contribution in [1.29, 1.82) is 0 Å². The molecule has 0 saturated carbocycles. The fraction of sp³-hybridized carbons (Fsp3) is 0.316. The van der Waals surface area contributed by atoms with Crippen molar-refractivity contribution in [3.63, 3.8) is 0 Å². The average molecular weight is 517 g/mol. The molecule has 184 valence electrons. The number of halogens is 9. The van der Waals surface area contributed by atoms with Crippen LogP contribution in [0, 0.1) is 5.82 Å². The van der Waals surface area contributed by atoms with Crippen molar-refractivity contribution in [3.05, 3.63) is 58.1 Å². The molecule has 2 aromatic rings. The molecule has 3 rings (SSSR count). The number of carbonyl (C=O) groups is 1. The van der Waals surface area contributed by atoms with E-state index in [1.807, 2.05) is 0 Å². The van der Waals surface area contributed by atoms with Gasteiger partial charge in [-0.2, -0.15) is 26.3 Å². The van der Waals surface area contributed by atoms with Gasteiger partial charge >= 0.3 is 12.4 Å². The van der Waals surface area contributed by atoms with Crippen molar-refractivity contribution in [2.24, 2.45) is 10.7 Å². The van der Waals surface area contributed by atoms with Crippen LogP contribution in [0.5, 0.6) is 0 Å². The summed E-state index contributed by atoms with van der Waals surface area (Å²) in [5.41, 5.74) is 0.111. The van der Waals surface area contributed by atoms with Crippen LogP contribution in [-0.4, -0.2) is 35.9 Å². The van der Waals surface area contributed by atoms with Crippen LogP contribution in [0.1, 0.15) is 28.0 Å². The minimum absolute atomic E-state index is 0.254. The highest BCUT2D eigenvalue weighted by Gasteiger charge is 2.52. The fourth-order valence-corrected chi connectivity index (χ4v) is 3.45. The molecular formula is C19H13ClF8N4O2. The lowest BCUT2D eigenvalue weighted by Crippen LogP contribution is -2.48. The number of nitrogens with zero attached hydrogens (tertiary/aromatic N) is 2. The number of nitrogens with one attached hydrogen (secondary N) is 1. The largest absolute Gasteiger partial charge is 0.452 e. The fourth-order valence-electron chi connectivity index (χ4n) is 3.20. The summed E-state index contributed by atoms with van der Waals surface area (Å²) in [5.74, 6) is -2.27. The standard InChI is InChI=1S/C19H13ClF8N4O2/c20-11-3-8(18(23,24)25)6-30-14(11)15(33)31-9-1-2-12(22)10(4-9)17(7-21)5-13(19(26,27)28)34-16(29)32-17/h1-4,6,13H,5,7H2,(H2,29,32)(H,31,33). The SMILES string of the molecule is NC1=NC(CF)(c2cc(NC(=O)c3ncc(C(F)(F)F)cc3Cl)ccc2F)CC(C(F)(F)F)O1. The lowest BCUT2D eigenvalue weighted by molar-refractivity contribution is -0.209. The van der Waals surface area contributed by atoms with Crippen LogP contribution >= 0.6 is 11.6 Å². The van der Waals surface area contributed by atoms with Crippen molar-refractivity contribution >= 4 is 29.2 Å². The Bertz CT molecular complexity index is 1140. The number of aliphatic imine (C=N–C) groups is 1. The number of hydrogen-bond acceptors (Lipinski definition) is 5. The minimum Gasteiger partial charge on any atom is -0.452 e. The summed E-state index contributed by atoms with van der Waals surface area (Å²) >= 11 is 5.71. The third-order valence-electron chi connectivity index (χ3n) is 4.81. The lowest BCUT2D eigenvalue weighted by atomic mass is 9.84. The zero-order chi connectivity index (χ0) is 25.5. The van der Waals surface area contributed by atoms with Gasteiger partial charge in [0, 0.05) is 23.9 Å². The molecule has 3 N–H and O–H groups in total. The number of nitrogens with two attached hydrogens (primary N) is 1. The molecule has 1 amide bonds. The van der Waals surface area contributed by atoms with Gasteiger partial charge in [0.1, 0.15) is 23.7 Å². The summed E-state index contributed by atoms with van der Waals surface area (Å²) < 4.78 is 111. The highest BCUT2D eigenvalue weighted by atomic mass is 35.5. The number of pyridine rings is 1. The van der Waals surface area contributed by atoms with E-state index in [1.165, 1.54) is 0 Å². The van der Waals surface area contributed by atoms with Gasteiger partial charge in [0.05, 0.1) is 10.6 Å². The molecule has 2 atom stereocenters. The number of hydrogen-bond donors (Lipinski definition) is 2. The van der Waals surface area contributed by atoms with Crippen LogP contribution in [0.3, 0.4) is 0 Å². The topological polar surface area (TPSA) is 89.6 Å². The Hall–Kier alpha value is -3.16. The molecule has 34 heavy (non-hydrogen) atoms. The van der Waals surface area contributed by atoms with Gasteiger partial charge < -0.3 is 15.8 Å². The molecule has 1 aliphatic heterocycles. The zero-order valence-electron chi connectivity index (χ0n) is 16.6. The molecule has 0 spiro atoms. The number of benzene rings is 1. The van der Waals surface area contributed by atoms with E-state index in [-0.39, 0.29) is 5.69 Å². The maximum atomic E-state index is 14.6. The minimum atomic E-state index is -4.96. The molecule has 6 nitrogen and oxygen atoms in total. The summed E-state index contributed by atoms with van der Waals surface area (Å²) in [6, 6.07) is 1.98. The number of rotatable bonds is 4. The Balaban J connectivity index is 1.95. The summed E-state index contributed by atoms with van der Waals surface area (Å²) in [6.07, 6.45) is -13.1. The van der Waals surface area contributed by atoms with Gasteiger partial charge in [-0.05, 0) is 24.3 Å². The second kappa shape index (κ2) is 8.89. The zero-order valence-corrected chi connectivity index (χ0v) is 17.3. The van der Waals surface area contributed by atoms with Crippen LogP contribution in [0.15, 0.2) is 35.5 Å². The molecule has 1 aliphatic rings. The molecule has 1 aromatic heterocycles. The molecule has 2 heterocycles. The van der Waals surface area contributed by atoms with E-state index in [0.29, 0.717) is 12.3 Å². The number of amides is 1. The Labute approximate surface area is 190 Å². The predicted molar refractivity (Wildman–Crippen MR) is 103 cm³/mol. The van der Waals surface area contributed by atoms with E-state index >= 15 is 0 Å². The Morgan fingerprint density at radius 1 is 1.24 bits per heavy atom. The molecule has 0 fully saturated rings. The quantitative estimate of drug-likeness (QED) is 0.561. The number of carbonyl (C=O) groups excluding carboxylic acids is 1. The van der Waals surface area contributed by atoms with Gasteiger partial charge in [0.15, 0.2) is 6.10 Å². The van der Waals surface area contributed by atoms with Crippen molar-refractivity contribution in [2.75, 3.05) is 12.0 Å². The molecule has 0 aliphatic carbocycles. The highest BCUT2D eigenvalue weighted by molar-refractivity contribution is 6.34. The Morgan fingerprint density at radius 3 is 2.47 bits per heavy atom. The monoisotopic (exact) mass is 516 g/mol. The number of amidine groups is 1. The van der Waals surface area contributed by atoms with Crippen LogP contribution in [0.2, 0.25) is 5.02 Å². The normalized spacial score (nSPS) is 21.0. The van der Waals surface area contributed by atoms with Gasteiger partial charge in [-0.25, -0.2) is 18.8 Å². The van der Waals surface area contributed by atoms with Gasteiger partial charge in [0.25, 0.3) is 11.9 Å². The van der Waals surface area contributed by atoms with Crippen molar-refractivity contribution in [2.45, 2.75) is 30.4 Å². The Kier molecular flexibility index (Phi) is 6.66. The van der Waals surface area contributed by atoms with Crippen LogP contribution in [0.4, 0.5) is 40.8 Å². The lowest BCUT2D eigenvalue weighted by Gasteiger charge is -2.36. The molecule has 0 bridgehead atoms. The van der Waals surface area contributed by atoms with Crippen molar-refractivity contribution in [1.82, 2.24) is 4.98 Å². The van der Waals surface area contributed by atoms with E-state index in [1.54, 1.807) is 0 Å². The van der Waals surface area contributed by atoms with E-state index in [9.17, 15) is 39.9 Å². The molecule has 0 saturated heterocycles. The summed E-state index contributed by atoms with van der Waals surface area (Å²) in [6.45, 7) is -1.59. The predicted octanol–water partition coefficient (Wildman–Crippen LogP) is 4.98. The third-order valence-corrected chi connectivity index (χ3v) is 5.09. The van der Waals surface area contributed by atoms with Crippen molar-refractivity contribution in [3.8, 4) is 0 Å². The van der Waals surface area contributed by atoms with E-state index in [4.69, 9.17) is 17.3 Å². The first kappa shape index (κ1) is 25.5. The summed E-state index contributed by atoms with van der Waals surface area (Å²) in [5, 5.41) is 1.52. The molecule has 0 radical (unpaired) electrons.